The van der Waals surface area contributed by atoms with Crippen molar-refractivity contribution in [3.05, 3.63) is 59.4 Å². The van der Waals surface area contributed by atoms with E-state index in [1.54, 1.807) is 23.1 Å². The molecule has 0 atom stereocenters. The maximum Gasteiger partial charge on any atom is 0.274 e. The molecule has 0 spiro atoms. The van der Waals surface area contributed by atoms with Gasteiger partial charge >= 0.3 is 0 Å². The topological polar surface area (TPSA) is 98.4 Å². The van der Waals surface area contributed by atoms with Gasteiger partial charge in [0.05, 0.1) is 25.1 Å². The fraction of sp³-hybridized carbons (Fsp3) is 0.250. The van der Waals surface area contributed by atoms with E-state index in [9.17, 15) is 14.0 Å². The standard InChI is InChI=1S/C16H15FN4O3/c17-12-4-2-1-3-10(12)9-24-11-7-21(8-11)16(23)14-6-19-13(5-20-14)15(18)22/h1-6,11H,7-9H2,(H2,18,22). The molecule has 124 valence electrons. The predicted molar refractivity (Wildman–Crippen MR) is 81.4 cm³/mol. The Morgan fingerprint density at radius 1 is 1.21 bits per heavy atom. The first kappa shape index (κ1) is 16.0. The smallest absolute Gasteiger partial charge is 0.274 e. The summed E-state index contributed by atoms with van der Waals surface area (Å²) >= 11 is 0. The van der Waals surface area contributed by atoms with Crippen LogP contribution in [0.1, 0.15) is 26.5 Å². The predicted octanol–water partition coefficient (Wildman–Crippen LogP) is 0.756. The molecule has 24 heavy (non-hydrogen) atoms. The van der Waals surface area contributed by atoms with Gasteiger partial charge in [-0.2, -0.15) is 0 Å². The summed E-state index contributed by atoms with van der Waals surface area (Å²) in [4.78, 5) is 32.3. The summed E-state index contributed by atoms with van der Waals surface area (Å²) in [6.07, 6.45) is 2.24. The van der Waals surface area contributed by atoms with Crippen LogP contribution in [0, 0.1) is 5.82 Å². The van der Waals surface area contributed by atoms with E-state index < -0.39 is 5.91 Å². The minimum Gasteiger partial charge on any atom is -0.370 e. The number of amides is 2. The zero-order valence-electron chi connectivity index (χ0n) is 12.7. The summed E-state index contributed by atoms with van der Waals surface area (Å²) in [7, 11) is 0. The number of hydrogen-bond donors (Lipinski definition) is 1. The number of halogens is 1. The highest BCUT2D eigenvalue weighted by Gasteiger charge is 2.32. The molecular formula is C16H15FN4O3. The number of hydrogen-bond acceptors (Lipinski definition) is 5. The van der Waals surface area contributed by atoms with Crippen molar-refractivity contribution in [2.24, 2.45) is 5.73 Å². The van der Waals surface area contributed by atoms with Crippen LogP contribution in [-0.2, 0) is 11.3 Å². The van der Waals surface area contributed by atoms with Crippen LogP contribution in [0.3, 0.4) is 0 Å². The second-order valence-electron chi connectivity index (χ2n) is 5.39. The van der Waals surface area contributed by atoms with Gasteiger partial charge in [-0.15, -0.1) is 0 Å². The van der Waals surface area contributed by atoms with Gasteiger partial charge in [0.15, 0.2) is 0 Å². The Bertz CT molecular complexity index is 760. The average molecular weight is 330 g/mol. The minimum absolute atomic E-state index is 0.00116. The van der Waals surface area contributed by atoms with E-state index in [2.05, 4.69) is 9.97 Å². The van der Waals surface area contributed by atoms with Crippen LogP contribution in [0.25, 0.3) is 0 Å². The summed E-state index contributed by atoms with van der Waals surface area (Å²) in [5, 5.41) is 0. The van der Waals surface area contributed by atoms with Crippen LogP contribution in [0.5, 0.6) is 0 Å². The largest absolute Gasteiger partial charge is 0.370 e. The van der Waals surface area contributed by atoms with Gasteiger partial charge in [0, 0.05) is 18.7 Å². The molecule has 1 aliphatic rings. The maximum atomic E-state index is 13.5. The minimum atomic E-state index is -0.702. The molecule has 8 heteroatoms. The van der Waals surface area contributed by atoms with E-state index in [0.29, 0.717) is 18.7 Å². The highest BCUT2D eigenvalue weighted by atomic mass is 19.1. The van der Waals surface area contributed by atoms with Crippen molar-refractivity contribution in [3.8, 4) is 0 Å². The molecule has 0 unspecified atom stereocenters. The number of ether oxygens (including phenoxy) is 1. The first-order chi connectivity index (χ1) is 11.5. The van der Waals surface area contributed by atoms with Crippen molar-refractivity contribution < 1.29 is 18.7 Å². The van der Waals surface area contributed by atoms with Crippen molar-refractivity contribution in [2.45, 2.75) is 12.7 Å². The van der Waals surface area contributed by atoms with Gasteiger partial charge in [-0.05, 0) is 6.07 Å². The molecule has 2 N–H and O–H groups in total. The molecule has 0 radical (unpaired) electrons. The van der Waals surface area contributed by atoms with Gasteiger partial charge in [0.25, 0.3) is 11.8 Å². The third kappa shape index (κ3) is 3.38. The molecule has 1 fully saturated rings. The Balaban J connectivity index is 1.50. The monoisotopic (exact) mass is 330 g/mol. The normalized spacial score (nSPS) is 14.3. The third-order valence-corrected chi connectivity index (χ3v) is 3.69. The van der Waals surface area contributed by atoms with E-state index in [0.717, 1.165) is 0 Å². The van der Waals surface area contributed by atoms with Gasteiger partial charge < -0.3 is 15.4 Å². The molecule has 2 amide bonds. The van der Waals surface area contributed by atoms with E-state index in [1.807, 2.05) is 0 Å². The number of likely N-dealkylation sites (tertiary alicyclic amines) is 1. The van der Waals surface area contributed by atoms with Crippen molar-refractivity contribution in [1.82, 2.24) is 14.9 Å². The van der Waals surface area contributed by atoms with E-state index >= 15 is 0 Å². The lowest BCUT2D eigenvalue weighted by Crippen LogP contribution is -2.54. The molecule has 0 saturated carbocycles. The summed E-state index contributed by atoms with van der Waals surface area (Å²) in [5.41, 5.74) is 5.68. The number of carbonyl (C=O) groups is 2. The molecule has 0 aliphatic carbocycles. The summed E-state index contributed by atoms with van der Waals surface area (Å²) in [6, 6.07) is 6.40. The number of primary amides is 1. The molecule has 1 aromatic heterocycles. The Hall–Kier alpha value is -2.87. The maximum absolute atomic E-state index is 13.5. The molecule has 2 aromatic rings. The molecule has 1 aliphatic heterocycles. The van der Waals surface area contributed by atoms with Crippen LogP contribution in [0.15, 0.2) is 36.7 Å². The molecule has 3 rings (SSSR count). The Labute approximate surface area is 137 Å². The first-order valence-corrected chi connectivity index (χ1v) is 7.30. The second kappa shape index (κ2) is 6.71. The number of rotatable bonds is 5. The number of carbonyl (C=O) groups excluding carboxylic acids is 2. The highest BCUT2D eigenvalue weighted by molar-refractivity contribution is 5.94. The Morgan fingerprint density at radius 3 is 2.50 bits per heavy atom. The number of nitrogens with zero attached hydrogens (tertiary/aromatic N) is 3. The van der Waals surface area contributed by atoms with E-state index in [1.165, 1.54) is 18.5 Å². The fourth-order valence-corrected chi connectivity index (χ4v) is 2.26. The molecule has 0 bridgehead atoms. The van der Waals surface area contributed by atoms with Crippen molar-refractivity contribution in [2.75, 3.05) is 13.1 Å². The van der Waals surface area contributed by atoms with Crippen molar-refractivity contribution in [3.63, 3.8) is 0 Å². The Morgan fingerprint density at radius 2 is 1.88 bits per heavy atom. The first-order valence-electron chi connectivity index (χ1n) is 7.30. The van der Waals surface area contributed by atoms with Crippen LogP contribution >= 0.6 is 0 Å². The lowest BCUT2D eigenvalue weighted by Gasteiger charge is -2.38. The number of benzene rings is 1. The van der Waals surface area contributed by atoms with Crippen molar-refractivity contribution in [1.29, 1.82) is 0 Å². The molecule has 2 heterocycles. The SMILES string of the molecule is NC(=O)c1cnc(C(=O)N2CC(OCc3ccccc3F)C2)cn1. The van der Waals surface area contributed by atoms with Gasteiger partial charge in [-0.1, -0.05) is 18.2 Å². The molecular weight excluding hydrogens is 315 g/mol. The Kier molecular flexibility index (Phi) is 4.48. The number of nitrogens with two attached hydrogens (primary N) is 1. The lowest BCUT2D eigenvalue weighted by atomic mass is 10.1. The van der Waals surface area contributed by atoms with Crippen LogP contribution in [0.4, 0.5) is 4.39 Å². The second-order valence-corrected chi connectivity index (χ2v) is 5.39. The van der Waals surface area contributed by atoms with Gasteiger partial charge in [-0.3, -0.25) is 9.59 Å². The fourth-order valence-electron chi connectivity index (χ4n) is 2.26. The number of aromatic nitrogens is 2. The van der Waals surface area contributed by atoms with Crippen LogP contribution in [0.2, 0.25) is 0 Å². The van der Waals surface area contributed by atoms with Crippen molar-refractivity contribution >= 4 is 11.8 Å². The molecule has 1 saturated heterocycles. The van der Waals surface area contributed by atoms with E-state index in [4.69, 9.17) is 10.5 Å². The lowest BCUT2D eigenvalue weighted by molar-refractivity contribution is -0.0511. The molecule has 7 nitrogen and oxygen atoms in total. The third-order valence-electron chi connectivity index (χ3n) is 3.69. The summed E-state index contributed by atoms with van der Waals surface area (Å²) in [5.74, 6) is -1.31. The van der Waals surface area contributed by atoms with Gasteiger partial charge in [-0.25, -0.2) is 14.4 Å². The zero-order valence-corrected chi connectivity index (χ0v) is 12.7. The van der Waals surface area contributed by atoms with Gasteiger partial charge in [0.2, 0.25) is 0 Å². The summed E-state index contributed by atoms with van der Waals surface area (Å²) in [6.45, 7) is 0.950. The van der Waals surface area contributed by atoms with E-state index in [-0.39, 0.29) is 35.8 Å². The molecule has 1 aromatic carbocycles. The quantitative estimate of drug-likeness (QED) is 0.872. The highest BCUT2D eigenvalue weighted by Crippen LogP contribution is 2.17. The average Bonchev–Trinajstić information content (AvgIpc) is 2.54. The van der Waals surface area contributed by atoms with Crippen LogP contribution < -0.4 is 5.73 Å². The van der Waals surface area contributed by atoms with Crippen LogP contribution in [-0.4, -0.2) is 45.9 Å². The van der Waals surface area contributed by atoms with Gasteiger partial charge in [0.1, 0.15) is 17.2 Å². The zero-order chi connectivity index (χ0) is 17.1. The summed E-state index contributed by atoms with van der Waals surface area (Å²) < 4.78 is 19.1.